The number of aliphatic carboxylic acids is 1. The molecule has 0 aliphatic carbocycles. The topological polar surface area (TPSA) is 105 Å². The Morgan fingerprint density at radius 3 is 2.69 bits per heavy atom. The van der Waals surface area contributed by atoms with Gasteiger partial charge in [-0.05, 0) is 43.7 Å². The van der Waals surface area contributed by atoms with Crippen molar-refractivity contribution in [1.82, 2.24) is 14.5 Å². The number of fused-ring (bicyclic) bond motifs is 1. The van der Waals surface area contributed by atoms with Gasteiger partial charge in [-0.2, -0.15) is 0 Å². The first kappa shape index (κ1) is 25.6. The van der Waals surface area contributed by atoms with Crippen molar-refractivity contribution in [2.24, 2.45) is 0 Å². The molecular weight excluding hydrogens is 517 g/mol. The number of hydrogen-bond donors (Lipinski definition) is 2. The Hall–Kier alpha value is -3.50. The lowest BCUT2D eigenvalue weighted by Gasteiger charge is -2.33. The summed E-state index contributed by atoms with van der Waals surface area (Å²) in [5.41, 5.74) is -2.23. The summed E-state index contributed by atoms with van der Waals surface area (Å²) in [5, 5.41) is 12.0. The van der Waals surface area contributed by atoms with Crippen LogP contribution in [0.4, 0.5) is 14.5 Å². The van der Waals surface area contributed by atoms with E-state index in [4.69, 9.17) is 28.3 Å². The molecule has 2 N–H and O–H groups in total. The molecule has 4 rings (SSSR count). The van der Waals surface area contributed by atoms with E-state index in [0.29, 0.717) is 0 Å². The summed E-state index contributed by atoms with van der Waals surface area (Å²) in [6.07, 6.45) is 4.11. The van der Waals surface area contributed by atoms with Gasteiger partial charge in [0, 0.05) is 24.3 Å². The first-order valence-corrected chi connectivity index (χ1v) is 11.6. The molecule has 1 aliphatic rings. The molecule has 0 bridgehead atoms. The summed E-state index contributed by atoms with van der Waals surface area (Å²) in [4.78, 5) is 41.8. The summed E-state index contributed by atoms with van der Waals surface area (Å²) in [6, 6.07) is 4.85. The molecule has 2 heterocycles. The molecule has 3 aromatic rings. The highest BCUT2D eigenvalue weighted by molar-refractivity contribution is 6.42. The maximum atomic E-state index is 15.2. The predicted octanol–water partition coefficient (Wildman–Crippen LogP) is 4.18. The normalized spacial score (nSPS) is 17.8. The van der Waals surface area contributed by atoms with Crippen LogP contribution in [0.1, 0.15) is 18.9 Å². The molecule has 1 aromatic heterocycles. The maximum absolute atomic E-state index is 15.2. The Bertz CT molecular complexity index is 1480. The zero-order chi connectivity index (χ0) is 26.2. The number of aromatic nitrogens is 2. The van der Waals surface area contributed by atoms with Crippen LogP contribution in [-0.4, -0.2) is 44.5 Å². The van der Waals surface area contributed by atoms with Gasteiger partial charge in [0.05, 0.1) is 27.3 Å². The van der Waals surface area contributed by atoms with Crippen LogP contribution in [0.5, 0.6) is 0 Å². The number of benzene rings is 2. The van der Waals surface area contributed by atoms with Gasteiger partial charge in [0.1, 0.15) is 17.9 Å². The summed E-state index contributed by atoms with van der Waals surface area (Å²) >= 11 is 12.6. The van der Waals surface area contributed by atoms with Crippen molar-refractivity contribution in [1.29, 1.82) is 0 Å². The average molecular weight is 537 g/mol. The summed E-state index contributed by atoms with van der Waals surface area (Å²) in [7, 11) is 0. The van der Waals surface area contributed by atoms with Crippen LogP contribution in [-0.2, 0) is 21.7 Å². The number of carbonyl (C=O) groups is 2. The number of halogens is 4. The minimum atomic E-state index is -1.31. The first-order chi connectivity index (χ1) is 17.1. The van der Waals surface area contributed by atoms with Crippen molar-refractivity contribution in [3.8, 4) is 0 Å². The quantitative estimate of drug-likeness (QED) is 0.361. The Balaban J connectivity index is 1.86. The third-order valence-electron chi connectivity index (χ3n) is 5.98. The minimum absolute atomic E-state index is 0.00225. The second-order valence-corrected chi connectivity index (χ2v) is 9.15. The monoisotopic (exact) mass is 536 g/mol. The van der Waals surface area contributed by atoms with Crippen LogP contribution in [0.15, 0.2) is 47.5 Å². The van der Waals surface area contributed by atoms with Crippen LogP contribution in [0.3, 0.4) is 0 Å². The highest BCUT2D eigenvalue weighted by atomic mass is 35.5. The second kappa shape index (κ2) is 9.87. The molecule has 1 atom stereocenters. The molecular formula is C24H20Cl2F2N4O4. The molecule has 12 heteroatoms. The standard InChI is InChI=1S/C24H20Cl2F2N4O4/c1-2-3-18(33)31-7-6-24(11-31,20-16(27)5-4-15(25)21(20)26)30-13-8-14-22(17(28)9-13)29-12-32(23(14)36)10-19(34)35/h2-5,8-9,12,30H,6-7,10-11H2,1H3,(H,34,35)/b3-2+. The van der Waals surface area contributed by atoms with Gasteiger partial charge in [0.2, 0.25) is 5.91 Å². The van der Waals surface area contributed by atoms with Gasteiger partial charge >= 0.3 is 5.97 Å². The molecule has 2 aromatic carbocycles. The molecule has 36 heavy (non-hydrogen) atoms. The van der Waals surface area contributed by atoms with Gasteiger partial charge in [0.15, 0.2) is 5.82 Å². The molecule has 0 radical (unpaired) electrons. The first-order valence-electron chi connectivity index (χ1n) is 10.8. The third kappa shape index (κ3) is 4.66. The van der Waals surface area contributed by atoms with Gasteiger partial charge in [-0.15, -0.1) is 0 Å². The van der Waals surface area contributed by atoms with Crippen molar-refractivity contribution in [3.63, 3.8) is 0 Å². The third-order valence-corrected chi connectivity index (χ3v) is 6.79. The maximum Gasteiger partial charge on any atom is 0.323 e. The van der Waals surface area contributed by atoms with Gasteiger partial charge in [0.25, 0.3) is 5.56 Å². The van der Waals surface area contributed by atoms with E-state index >= 15 is 4.39 Å². The lowest BCUT2D eigenvalue weighted by atomic mass is 9.87. The highest BCUT2D eigenvalue weighted by Gasteiger charge is 2.44. The summed E-state index contributed by atoms with van der Waals surface area (Å²) in [6.45, 7) is 1.25. The van der Waals surface area contributed by atoms with Crippen molar-refractivity contribution >= 4 is 51.7 Å². The number of nitrogens with one attached hydrogen (secondary N) is 1. The van der Waals surface area contributed by atoms with Crippen molar-refractivity contribution in [2.45, 2.75) is 25.4 Å². The van der Waals surface area contributed by atoms with Gasteiger partial charge in [-0.25, -0.2) is 13.8 Å². The van der Waals surface area contributed by atoms with Crippen LogP contribution in [0, 0.1) is 11.6 Å². The zero-order valence-electron chi connectivity index (χ0n) is 18.9. The molecule has 1 unspecified atom stereocenters. The number of carboxylic acid groups (broad SMARTS) is 1. The van der Waals surface area contributed by atoms with E-state index in [9.17, 15) is 18.8 Å². The number of likely N-dealkylation sites (tertiary alicyclic amines) is 1. The predicted molar refractivity (Wildman–Crippen MR) is 131 cm³/mol. The molecule has 188 valence electrons. The van der Waals surface area contributed by atoms with Crippen molar-refractivity contribution in [3.05, 3.63) is 80.3 Å². The minimum Gasteiger partial charge on any atom is -0.480 e. The number of allylic oxidation sites excluding steroid dienone is 1. The average Bonchev–Trinajstić information content (AvgIpc) is 3.23. The van der Waals surface area contributed by atoms with Gasteiger partial charge in [-0.1, -0.05) is 29.3 Å². The summed E-state index contributed by atoms with van der Waals surface area (Å²) < 4.78 is 31.0. The summed E-state index contributed by atoms with van der Waals surface area (Å²) in [5.74, 6) is -3.09. The number of rotatable bonds is 6. The largest absolute Gasteiger partial charge is 0.480 e. The lowest BCUT2D eigenvalue weighted by molar-refractivity contribution is -0.137. The van der Waals surface area contributed by atoms with E-state index in [0.717, 1.165) is 23.0 Å². The van der Waals surface area contributed by atoms with Crippen LogP contribution >= 0.6 is 23.2 Å². The smallest absolute Gasteiger partial charge is 0.323 e. The van der Waals surface area contributed by atoms with E-state index in [-0.39, 0.29) is 57.6 Å². The molecule has 8 nitrogen and oxygen atoms in total. The molecule has 1 aliphatic heterocycles. The number of carbonyl (C=O) groups excluding carboxylic acids is 1. The second-order valence-electron chi connectivity index (χ2n) is 8.36. The highest BCUT2D eigenvalue weighted by Crippen LogP contribution is 2.43. The molecule has 1 saturated heterocycles. The van der Waals surface area contributed by atoms with E-state index in [1.165, 1.54) is 23.1 Å². The fourth-order valence-electron chi connectivity index (χ4n) is 4.41. The van der Waals surface area contributed by atoms with E-state index < -0.39 is 35.2 Å². The Kier molecular flexibility index (Phi) is 7.01. The van der Waals surface area contributed by atoms with E-state index in [2.05, 4.69) is 10.3 Å². The van der Waals surface area contributed by atoms with E-state index in [1.807, 2.05) is 0 Å². The molecule has 0 saturated carbocycles. The van der Waals surface area contributed by atoms with Crippen LogP contribution < -0.4 is 10.9 Å². The fourth-order valence-corrected chi connectivity index (χ4v) is 4.91. The van der Waals surface area contributed by atoms with Crippen LogP contribution in [0.25, 0.3) is 10.9 Å². The van der Waals surface area contributed by atoms with Crippen molar-refractivity contribution < 1.29 is 23.5 Å². The number of hydrogen-bond acceptors (Lipinski definition) is 5. The SMILES string of the molecule is C/C=C/C(=O)N1CCC(Nc2cc(F)c3ncn(CC(=O)O)c(=O)c3c2)(c2c(F)ccc(Cl)c2Cl)C1. The molecule has 1 amide bonds. The van der Waals surface area contributed by atoms with Gasteiger partial charge in [-0.3, -0.25) is 19.0 Å². The number of nitrogens with zero attached hydrogens (tertiary/aromatic N) is 3. The number of carboxylic acids is 1. The van der Waals surface area contributed by atoms with Crippen LogP contribution in [0.2, 0.25) is 10.0 Å². The van der Waals surface area contributed by atoms with Crippen molar-refractivity contribution in [2.75, 3.05) is 18.4 Å². The number of anilines is 1. The van der Waals surface area contributed by atoms with Gasteiger partial charge < -0.3 is 15.3 Å². The molecule has 0 spiro atoms. The number of amides is 1. The molecule has 1 fully saturated rings. The Morgan fingerprint density at radius 2 is 2.00 bits per heavy atom. The lowest BCUT2D eigenvalue weighted by Crippen LogP contribution is -2.41. The Labute approximate surface area is 213 Å². The Morgan fingerprint density at radius 1 is 1.25 bits per heavy atom. The van der Waals surface area contributed by atoms with E-state index in [1.54, 1.807) is 13.0 Å². The zero-order valence-corrected chi connectivity index (χ0v) is 20.4. The fraction of sp³-hybridized carbons (Fsp3) is 0.250.